The summed E-state index contributed by atoms with van der Waals surface area (Å²) in [6.45, 7) is 0. The molecule has 0 fully saturated rings. The van der Waals surface area contributed by atoms with E-state index in [0.717, 1.165) is 5.52 Å². The maximum atomic E-state index is 12.3. The summed E-state index contributed by atoms with van der Waals surface area (Å²) in [4.78, 5) is 16.7. The summed E-state index contributed by atoms with van der Waals surface area (Å²) in [5.41, 5.74) is 1.68. The molecule has 3 rings (SSSR count). The Morgan fingerprint density at radius 1 is 1.32 bits per heavy atom. The minimum atomic E-state index is -3.81. The van der Waals surface area contributed by atoms with Crippen molar-refractivity contribution in [2.75, 3.05) is 18.2 Å². The van der Waals surface area contributed by atoms with Crippen molar-refractivity contribution >= 4 is 56.0 Å². The van der Waals surface area contributed by atoms with Gasteiger partial charge < -0.3 is 14.6 Å². The molecule has 0 aliphatic heterocycles. The van der Waals surface area contributed by atoms with Gasteiger partial charge in [0, 0.05) is 12.1 Å². The largest absolute Gasteiger partial charge is 0.495 e. The molecule has 0 atom stereocenters. The van der Waals surface area contributed by atoms with E-state index in [2.05, 4.69) is 10.3 Å². The van der Waals surface area contributed by atoms with Crippen LogP contribution in [0.15, 0.2) is 46.5 Å². The number of rotatable bonds is 6. The summed E-state index contributed by atoms with van der Waals surface area (Å²) in [5.74, 6) is 0.332. The highest BCUT2D eigenvalue weighted by atomic mass is 35.5. The zero-order chi connectivity index (χ0) is 20.5. The van der Waals surface area contributed by atoms with Crippen molar-refractivity contribution in [1.29, 1.82) is 0 Å². The van der Waals surface area contributed by atoms with Crippen LogP contribution in [0.4, 0.5) is 5.69 Å². The molecule has 0 saturated heterocycles. The number of sulfonamides is 1. The molecule has 3 N–H and O–H groups in total. The molecule has 0 spiro atoms. The number of benzene rings is 2. The molecule has 8 nitrogen and oxygen atoms in total. The number of carbonyl (C=O) groups excluding carboxylic acids is 1. The summed E-state index contributed by atoms with van der Waals surface area (Å²) in [6, 6.07) is 9.40. The number of nitrogens with zero attached hydrogens (tertiary/aromatic N) is 2. The predicted octanol–water partition coefficient (Wildman–Crippen LogP) is 2.61. The Morgan fingerprint density at radius 2 is 2.07 bits per heavy atom. The number of halogens is 1. The molecule has 3 aromatic rings. The number of imidazole rings is 1. The third kappa shape index (κ3) is 4.41. The van der Waals surface area contributed by atoms with Gasteiger partial charge in [-0.05, 0) is 36.4 Å². The number of carbonyl (C=O) groups is 1. The Hall–Kier alpha value is -2.27. The van der Waals surface area contributed by atoms with Gasteiger partial charge in [0.1, 0.15) is 5.75 Å². The molecule has 1 heterocycles. The fourth-order valence-electron chi connectivity index (χ4n) is 2.56. The Morgan fingerprint density at radius 3 is 2.75 bits per heavy atom. The third-order valence-corrected chi connectivity index (χ3v) is 6.08. The average Bonchev–Trinajstić information content (AvgIpc) is 2.95. The van der Waals surface area contributed by atoms with Crippen LogP contribution >= 0.6 is 23.4 Å². The van der Waals surface area contributed by atoms with Gasteiger partial charge in [-0.2, -0.15) is 0 Å². The molecule has 0 bridgehead atoms. The van der Waals surface area contributed by atoms with Gasteiger partial charge in [0.15, 0.2) is 5.16 Å². The molecule has 2 aromatic carbocycles. The highest BCUT2D eigenvalue weighted by Gasteiger charge is 2.15. The SMILES string of the molecule is COc1ccc(Cl)cc1NC(=O)CSc1nc2cc(S(N)(=O)=O)ccc2n1C. The van der Waals surface area contributed by atoms with Gasteiger partial charge in [-0.15, -0.1) is 0 Å². The molecular formula is C17H17ClN4O4S2. The topological polar surface area (TPSA) is 116 Å². The zero-order valence-electron chi connectivity index (χ0n) is 15.0. The van der Waals surface area contributed by atoms with Crippen LogP contribution in [-0.4, -0.2) is 36.7 Å². The molecule has 0 aliphatic carbocycles. The van der Waals surface area contributed by atoms with Gasteiger partial charge in [-0.25, -0.2) is 18.5 Å². The Labute approximate surface area is 171 Å². The summed E-state index contributed by atoms with van der Waals surface area (Å²) >= 11 is 7.18. The lowest BCUT2D eigenvalue weighted by Crippen LogP contribution is -2.15. The summed E-state index contributed by atoms with van der Waals surface area (Å²) in [5, 5.41) is 8.95. The van der Waals surface area contributed by atoms with E-state index < -0.39 is 10.0 Å². The molecule has 0 unspecified atom stereocenters. The van der Waals surface area contributed by atoms with E-state index in [9.17, 15) is 13.2 Å². The standard InChI is InChI=1S/C17H17ClN4O4S2/c1-22-14-5-4-11(28(19,24)25)8-12(14)21-17(22)27-9-16(23)20-13-7-10(18)3-6-15(13)26-2/h3-8H,9H2,1-2H3,(H,20,23)(H2,19,24,25). The smallest absolute Gasteiger partial charge is 0.238 e. The van der Waals surface area contributed by atoms with Crippen LogP contribution in [0, 0.1) is 0 Å². The fraction of sp³-hybridized carbons (Fsp3) is 0.176. The third-order valence-electron chi connectivity index (χ3n) is 3.91. The first-order valence-electron chi connectivity index (χ1n) is 7.94. The van der Waals surface area contributed by atoms with Crippen LogP contribution in [0.2, 0.25) is 5.02 Å². The van der Waals surface area contributed by atoms with Crippen LogP contribution in [-0.2, 0) is 21.9 Å². The number of nitrogens with one attached hydrogen (secondary N) is 1. The van der Waals surface area contributed by atoms with Gasteiger partial charge >= 0.3 is 0 Å². The summed E-state index contributed by atoms with van der Waals surface area (Å²) in [7, 11) is -0.524. The molecule has 0 radical (unpaired) electrons. The number of anilines is 1. The van der Waals surface area contributed by atoms with E-state index in [1.807, 2.05) is 0 Å². The lowest BCUT2D eigenvalue weighted by molar-refractivity contribution is -0.113. The van der Waals surface area contributed by atoms with Crippen molar-refractivity contribution in [2.24, 2.45) is 12.2 Å². The second-order valence-corrected chi connectivity index (χ2v) is 8.77. The van der Waals surface area contributed by atoms with Crippen LogP contribution in [0.3, 0.4) is 0 Å². The summed E-state index contributed by atoms with van der Waals surface area (Å²) in [6.07, 6.45) is 0. The lowest BCUT2D eigenvalue weighted by Gasteiger charge is -2.10. The van der Waals surface area contributed by atoms with Gasteiger partial charge in [-0.1, -0.05) is 23.4 Å². The maximum absolute atomic E-state index is 12.3. The van der Waals surface area contributed by atoms with Crippen LogP contribution in [0.1, 0.15) is 0 Å². The van der Waals surface area contributed by atoms with Gasteiger partial charge in [0.25, 0.3) is 0 Å². The lowest BCUT2D eigenvalue weighted by atomic mass is 10.3. The van der Waals surface area contributed by atoms with Gasteiger partial charge in [0.05, 0.1) is 34.5 Å². The normalized spacial score (nSPS) is 11.6. The second-order valence-electron chi connectivity index (χ2n) is 5.83. The number of hydrogen-bond donors (Lipinski definition) is 2. The first-order valence-corrected chi connectivity index (χ1v) is 10.9. The maximum Gasteiger partial charge on any atom is 0.238 e. The number of primary sulfonamides is 1. The number of thioether (sulfide) groups is 1. The number of aryl methyl sites for hydroxylation is 1. The second kappa shape index (κ2) is 8.00. The molecule has 28 heavy (non-hydrogen) atoms. The highest BCUT2D eigenvalue weighted by molar-refractivity contribution is 7.99. The van der Waals surface area contributed by atoms with Crippen LogP contribution in [0.5, 0.6) is 5.75 Å². The molecule has 1 amide bonds. The van der Waals surface area contributed by atoms with E-state index >= 15 is 0 Å². The van der Waals surface area contributed by atoms with E-state index in [1.54, 1.807) is 35.9 Å². The fourth-order valence-corrected chi connectivity index (χ4v) is 4.05. The minimum absolute atomic E-state index is 0.0135. The van der Waals surface area contributed by atoms with Crippen LogP contribution in [0.25, 0.3) is 11.0 Å². The average molecular weight is 441 g/mol. The number of nitrogens with two attached hydrogens (primary N) is 1. The molecular weight excluding hydrogens is 424 g/mol. The van der Waals surface area contributed by atoms with Crippen molar-refractivity contribution in [2.45, 2.75) is 10.1 Å². The predicted molar refractivity (Wildman–Crippen MR) is 109 cm³/mol. The van der Waals surface area contributed by atoms with Crippen LogP contribution < -0.4 is 15.2 Å². The highest BCUT2D eigenvalue weighted by Crippen LogP contribution is 2.29. The number of aromatic nitrogens is 2. The van der Waals surface area contributed by atoms with Crippen molar-refractivity contribution in [3.8, 4) is 5.75 Å². The number of fused-ring (bicyclic) bond motifs is 1. The quantitative estimate of drug-likeness (QED) is 0.569. The zero-order valence-corrected chi connectivity index (χ0v) is 17.4. The molecule has 0 saturated carbocycles. The van der Waals surface area contributed by atoms with E-state index in [4.69, 9.17) is 21.5 Å². The molecule has 11 heteroatoms. The van der Waals surface area contributed by atoms with Gasteiger partial charge in [-0.3, -0.25) is 4.79 Å². The monoisotopic (exact) mass is 440 g/mol. The van der Waals surface area contributed by atoms with Crippen molar-refractivity contribution in [1.82, 2.24) is 9.55 Å². The summed E-state index contributed by atoms with van der Waals surface area (Å²) < 4.78 is 30.0. The van der Waals surface area contributed by atoms with E-state index in [1.165, 1.54) is 31.0 Å². The van der Waals surface area contributed by atoms with Crippen molar-refractivity contribution in [3.63, 3.8) is 0 Å². The first-order chi connectivity index (χ1) is 13.2. The van der Waals surface area contributed by atoms with Gasteiger partial charge in [0.2, 0.25) is 15.9 Å². The molecule has 0 aliphatic rings. The Bertz CT molecular complexity index is 1160. The van der Waals surface area contributed by atoms with E-state index in [0.29, 0.717) is 27.1 Å². The number of methoxy groups -OCH3 is 1. The van der Waals surface area contributed by atoms with Crippen molar-refractivity contribution in [3.05, 3.63) is 41.4 Å². The molecule has 1 aromatic heterocycles. The number of ether oxygens (including phenoxy) is 1. The number of hydrogen-bond acceptors (Lipinski definition) is 6. The first kappa shape index (κ1) is 20.5. The van der Waals surface area contributed by atoms with Crippen molar-refractivity contribution < 1.29 is 17.9 Å². The Balaban J connectivity index is 1.75. The van der Waals surface area contributed by atoms with E-state index in [-0.39, 0.29) is 16.6 Å². The number of amides is 1. The molecule has 148 valence electrons. The minimum Gasteiger partial charge on any atom is -0.495 e. The Kier molecular flexibility index (Phi) is 5.84.